The van der Waals surface area contributed by atoms with E-state index in [2.05, 4.69) is 37.8 Å². The minimum Gasteiger partial charge on any atom is -0.388 e. The minimum atomic E-state index is -0.345. The SMILES string of the molecule is Cc1cc2c(cc1N1CCOCC1)[C@H](O)C(C)(C)C2. The van der Waals surface area contributed by atoms with Crippen LogP contribution in [0.15, 0.2) is 12.1 Å². The van der Waals surface area contributed by atoms with Crippen molar-refractivity contribution in [1.82, 2.24) is 0 Å². The van der Waals surface area contributed by atoms with Crippen LogP contribution in [0.4, 0.5) is 5.69 Å². The summed E-state index contributed by atoms with van der Waals surface area (Å²) in [4.78, 5) is 2.37. The van der Waals surface area contributed by atoms with Gasteiger partial charge in [-0.15, -0.1) is 0 Å². The molecule has 3 rings (SSSR count). The summed E-state index contributed by atoms with van der Waals surface area (Å²) in [5.74, 6) is 0. The fraction of sp³-hybridized carbons (Fsp3) is 0.625. The van der Waals surface area contributed by atoms with E-state index in [4.69, 9.17) is 4.74 Å². The molecule has 0 aromatic heterocycles. The zero-order chi connectivity index (χ0) is 13.6. The lowest BCUT2D eigenvalue weighted by molar-refractivity contribution is 0.0666. The molecule has 1 N–H and O–H groups in total. The number of morpholine rings is 1. The maximum atomic E-state index is 10.5. The number of aliphatic hydroxyl groups excluding tert-OH is 1. The van der Waals surface area contributed by atoms with Gasteiger partial charge in [0.15, 0.2) is 0 Å². The van der Waals surface area contributed by atoms with Gasteiger partial charge in [0.2, 0.25) is 0 Å². The Kier molecular flexibility index (Phi) is 3.06. The Morgan fingerprint density at radius 1 is 1.26 bits per heavy atom. The molecule has 0 saturated carbocycles. The molecule has 0 bridgehead atoms. The van der Waals surface area contributed by atoms with Gasteiger partial charge in [-0.05, 0) is 41.5 Å². The summed E-state index contributed by atoms with van der Waals surface area (Å²) in [7, 11) is 0. The van der Waals surface area contributed by atoms with Crippen molar-refractivity contribution in [3.8, 4) is 0 Å². The van der Waals surface area contributed by atoms with Gasteiger partial charge in [0.05, 0.1) is 19.3 Å². The van der Waals surface area contributed by atoms with Gasteiger partial charge in [-0.3, -0.25) is 0 Å². The number of fused-ring (bicyclic) bond motifs is 1. The van der Waals surface area contributed by atoms with Crippen LogP contribution in [0.3, 0.4) is 0 Å². The van der Waals surface area contributed by atoms with Crippen molar-refractivity contribution >= 4 is 5.69 Å². The van der Waals surface area contributed by atoms with E-state index in [1.165, 1.54) is 16.8 Å². The molecule has 3 nitrogen and oxygen atoms in total. The third-order valence-electron chi connectivity index (χ3n) is 4.49. The molecule has 3 heteroatoms. The van der Waals surface area contributed by atoms with Crippen LogP contribution >= 0.6 is 0 Å². The summed E-state index contributed by atoms with van der Waals surface area (Å²) in [6.07, 6.45) is 0.621. The Labute approximate surface area is 115 Å². The third-order valence-corrected chi connectivity index (χ3v) is 4.49. The van der Waals surface area contributed by atoms with Crippen molar-refractivity contribution in [2.75, 3.05) is 31.2 Å². The monoisotopic (exact) mass is 261 g/mol. The van der Waals surface area contributed by atoms with E-state index in [-0.39, 0.29) is 11.5 Å². The van der Waals surface area contributed by atoms with Gasteiger partial charge in [-0.25, -0.2) is 0 Å². The molecule has 1 atom stereocenters. The van der Waals surface area contributed by atoms with Crippen molar-refractivity contribution in [1.29, 1.82) is 0 Å². The lowest BCUT2D eigenvalue weighted by atomic mass is 9.87. The zero-order valence-corrected chi connectivity index (χ0v) is 12.1. The van der Waals surface area contributed by atoms with Gasteiger partial charge < -0.3 is 14.7 Å². The van der Waals surface area contributed by atoms with E-state index in [9.17, 15) is 5.11 Å². The van der Waals surface area contributed by atoms with Gasteiger partial charge >= 0.3 is 0 Å². The first-order chi connectivity index (χ1) is 8.99. The topological polar surface area (TPSA) is 32.7 Å². The highest BCUT2D eigenvalue weighted by Gasteiger charge is 2.38. The van der Waals surface area contributed by atoms with Crippen molar-refractivity contribution in [2.24, 2.45) is 5.41 Å². The molecular weight excluding hydrogens is 238 g/mol. The molecule has 0 radical (unpaired) electrons. The number of hydrogen-bond acceptors (Lipinski definition) is 3. The van der Waals surface area contributed by atoms with E-state index in [0.717, 1.165) is 38.3 Å². The summed E-state index contributed by atoms with van der Waals surface area (Å²) in [5, 5.41) is 10.5. The van der Waals surface area contributed by atoms with Crippen LogP contribution < -0.4 is 4.90 Å². The number of anilines is 1. The molecule has 1 aliphatic heterocycles. The maximum absolute atomic E-state index is 10.5. The van der Waals surface area contributed by atoms with Crippen LogP contribution in [0.1, 0.15) is 36.6 Å². The molecule has 1 heterocycles. The normalized spacial score (nSPS) is 25.5. The van der Waals surface area contributed by atoms with Gasteiger partial charge in [-0.1, -0.05) is 19.9 Å². The second-order valence-electron chi connectivity index (χ2n) is 6.50. The van der Waals surface area contributed by atoms with Crippen LogP contribution in [0.5, 0.6) is 0 Å². The van der Waals surface area contributed by atoms with Crippen molar-refractivity contribution in [2.45, 2.75) is 33.3 Å². The average molecular weight is 261 g/mol. The predicted molar refractivity (Wildman–Crippen MR) is 76.7 cm³/mol. The molecule has 1 aliphatic carbocycles. The van der Waals surface area contributed by atoms with Gasteiger partial charge in [0, 0.05) is 18.8 Å². The molecule has 0 unspecified atom stereocenters. The molecule has 2 aliphatic rings. The fourth-order valence-corrected chi connectivity index (χ4v) is 3.33. The van der Waals surface area contributed by atoms with Gasteiger partial charge in [0.1, 0.15) is 0 Å². The first kappa shape index (κ1) is 12.9. The second kappa shape index (κ2) is 4.50. The number of aliphatic hydroxyl groups is 1. The Hall–Kier alpha value is -1.06. The summed E-state index contributed by atoms with van der Waals surface area (Å²) in [6, 6.07) is 4.47. The van der Waals surface area contributed by atoms with Crippen LogP contribution in [-0.4, -0.2) is 31.4 Å². The Morgan fingerprint density at radius 2 is 1.95 bits per heavy atom. The van der Waals surface area contributed by atoms with Crippen LogP contribution in [0.2, 0.25) is 0 Å². The van der Waals surface area contributed by atoms with E-state index >= 15 is 0 Å². The van der Waals surface area contributed by atoms with E-state index in [1.54, 1.807) is 0 Å². The Bertz CT molecular complexity index is 490. The average Bonchev–Trinajstić information content (AvgIpc) is 2.60. The molecule has 0 amide bonds. The fourth-order valence-electron chi connectivity index (χ4n) is 3.33. The highest BCUT2D eigenvalue weighted by Crippen LogP contribution is 2.46. The van der Waals surface area contributed by atoms with Crippen molar-refractivity contribution in [3.63, 3.8) is 0 Å². The van der Waals surface area contributed by atoms with Crippen molar-refractivity contribution in [3.05, 3.63) is 28.8 Å². The van der Waals surface area contributed by atoms with Crippen LogP contribution in [0.25, 0.3) is 0 Å². The number of ether oxygens (including phenoxy) is 1. The molecular formula is C16H23NO2. The number of rotatable bonds is 1. The van der Waals surface area contributed by atoms with Crippen LogP contribution in [-0.2, 0) is 11.2 Å². The quantitative estimate of drug-likeness (QED) is 0.843. The van der Waals surface area contributed by atoms with E-state index < -0.39 is 0 Å². The highest BCUT2D eigenvalue weighted by molar-refractivity contribution is 5.59. The molecule has 1 aromatic carbocycles. The first-order valence-corrected chi connectivity index (χ1v) is 7.13. The van der Waals surface area contributed by atoms with E-state index in [0.29, 0.717) is 0 Å². The smallest absolute Gasteiger partial charge is 0.0847 e. The maximum Gasteiger partial charge on any atom is 0.0847 e. The first-order valence-electron chi connectivity index (χ1n) is 7.13. The molecule has 19 heavy (non-hydrogen) atoms. The molecule has 0 spiro atoms. The highest BCUT2D eigenvalue weighted by atomic mass is 16.5. The summed E-state index contributed by atoms with van der Waals surface area (Å²) < 4.78 is 5.42. The summed E-state index contributed by atoms with van der Waals surface area (Å²) in [5.41, 5.74) is 4.96. The van der Waals surface area contributed by atoms with Gasteiger partial charge in [-0.2, -0.15) is 0 Å². The molecule has 1 saturated heterocycles. The molecule has 1 aromatic rings. The van der Waals surface area contributed by atoms with Gasteiger partial charge in [0.25, 0.3) is 0 Å². The number of benzene rings is 1. The zero-order valence-electron chi connectivity index (χ0n) is 12.1. The largest absolute Gasteiger partial charge is 0.388 e. The molecule has 104 valence electrons. The standard InChI is InChI=1S/C16H23NO2/c1-11-8-12-10-16(2,3)15(18)13(12)9-14(11)17-4-6-19-7-5-17/h8-9,15,18H,4-7,10H2,1-3H3/t15-/m0/s1. The second-order valence-corrected chi connectivity index (χ2v) is 6.50. The van der Waals surface area contributed by atoms with E-state index in [1.807, 2.05) is 0 Å². The summed E-state index contributed by atoms with van der Waals surface area (Å²) in [6.45, 7) is 9.93. The minimum absolute atomic E-state index is 0.0432. The summed E-state index contributed by atoms with van der Waals surface area (Å²) >= 11 is 0. The molecule has 1 fully saturated rings. The lowest BCUT2D eigenvalue weighted by Gasteiger charge is -2.31. The number of hydrogen-bond donors (Lipinski definition) is 1. The Balaban J connectivity index is 1.98. The number of nitrogens with zero attached hydrogens (tertiary/aromatic N) is 1. The van der Waals surface area contributed by atoms with Crippen molar-refractivity contribution < 1.29 is 9.84 Å². The van der Waals surface area contributed by atoms with Crippen LogP contribution in [0, 0.1) is 12.3 Å². The predicted octanol–water partition coefficient (Wildman–Crippen LogP) is 2.45. The number of aryl methyl sites for hydroxylation is 1. The Morgan fingerprint density at radius 3 is 2.63 bits per heavy atom. The third kappa shape index (κ3) is 2.15. The lowest BCUT2D eigenvalue weighted by Crippen LogP contribution is -2.36.